The number of nitrogens with two attached hydrogens (primary N) is 1. The minimum atomic E-state index is 0. The van der Waals surface area contributed by atoms with Crippen LogP contribution in [0.4, 0.5) is 0 Å². The normalized spacial score (nSPS) is 29.6. The molecule has 1 saturated carbocycles. The van der Waals surface area contributed by atoms with Crippen molar-refractivity contribution in [3.8, 4) is 0 Å². The number of carbonyl (C=O) groups excluding carboxylic acids is 1. The van der Waals surface area contributed by atoms with Crippen molar-refractivity contribution in [2.75, 3.05) is 26.2 Å². The third kappa shape index (κ3) is 4.76. The molecule has 2 aliphatic rings. The lowest BCUT2D eigenvalue weighted by atomic mass is 9.95. The summed E-state index contributed by atoms with van der Waals surface area (Å²) in [5.74, 6) is 0.827. The van der Waals surface area contributed by atoms with Crippen LogP contribution in [0.1, 0.15) is 39.0 Å². The molecule has 3 N–H and O–H groups in total. The lowest BCUT2D eigenvalue weighted by Gasteiger charge is -2.24. The number of carbonyl (C=O) groups is 1. The highest BCUT2D eigenvalue weighted by Crippen LogP contribution is 2.31. The van der Waals surface area contributed by atoms with Crippen LogP contribution in [0.3, 0.4) is 0 Å². The van der Waals surface area contributed by atoms with Crippen LogP contribution in [-0.4, -0.2) is 43.0 Å². The van der Waals surface area contributed by atoms with Crippen LogP contribution in [-0.2, 0) is 4.79 Å². The minimum absolute atomic E-state index is 0. The summed E-state index contributed by atoms with van der Waals surface area (Å²) in [6.45, 7) is 5.95. The van der Waals surface area contributed by atoms with Gasteiger partial charge in [-0.15, -0.1) is 24.8 Å². The number of likely N-dealkylation sites (tertiary alicyclic amines) is 1. The van der Waals surface area contributed by atoms with Crippen molar-refractivity contribution >= 4 is 30.7 Å². The first-order valence-corrected chi connectivity index (χ1v) is 7.48. The van der Waals surface area contributed by atoms with E-state index >= 15 is 0 Å². The molecular formula is C14H29Cl2N3O. The zero-order valence-electron chi connectivity index (χ0n) is 12.3. The molecule has 2 fully saturated rings. The molecule has 1 heterocycles. The molecule has 0 aromatic carbocycles. The fourth-order valence-corrected chi connectivity index (χ4v) is 3.56. The maximum absolute atomic E-state index is 12.2. The quantitative estimate of drug-likeness (QED) is 0.810. The molecule has 6 heteroatoms. The number of hydrogen-bond acceptors (Lipinski definition) is 3. The Bertz CT molecular complexity index is 292. The summed E-state index contributed by atoms with van der Waals surface area (Å²) in [5.41, 5.74) is 5.74. The maximum Gasteiger partial charge on any atom is 0.223 e. The van der Waals surface area contributed by atoms with Crippen LogP contribution >= 0.6 is 24.8 Å². The molecule has 0 bridgehead atoms. The van der Waals surface area contributed by atoms with Gasteiger partial charge in [0.1, 0.15) is 0 Å². The van der Waals surface area contributed by atoms with Crippen molar-refractivity contribution in [2.24, 2.45) is 17.6 Å². The van der Waals surface area contributed by atoms with Crippen molar-refractivity contribution in [1.29, 1.82) is 0 Å². The van der Waals surface area contributed by atoms with E-state index in [1.165, 1.54) is 19.4 Å². The predicted octanol–water partition coefficient (Wildman–Crippen LogP) is 1.81. The van der Waals surface area contributed by atoms with Crippen LogP contribution in [0, 0.1) is 11.8 Å². The molecule has 1 aliphatic heterocycles. The highest BCUT2D eigenvalue weighted by atomic mass is 35.5. The summed E-state index contributed by atoms with van der Waals surface area (Å²) >= 11 is 0. The van der Waals surface area contributed by atoms with E-state index in [0.29, 0.717) is 18.5 Å². The Balaban J connectivity index is 0.00000180. The summed E-state index contributed by atoms with van der Waals surface area (Å²) in [6.07, 6.45) is 5.79. The van der Waals surface area contributed by atoms with E-state index in [0.717, 1.165) is 32.4 Å². The molecule has 0 radical (unpaired) electrons. The molecule has 20 heavy (non-hydrogen) atoms. The van der Waals surface area contributed by atoms with E-state index in [-0.39, 0.29) is 36.6 Å². The molecule has 4 nitrogen and oxygen atoms in total. The van der Waals surface area contributed by atoms with Gasteiger partial charge < -0.3 is 11.1 Å². The molecule has 120 valence electrons. The van der Waals surface area contributed by atoms with E-state index in [1.54, 1.807) is 0 Å². The zero-order chi connectivity index (χ0) is 13.0. The largest absolute Gasteiger partial charge is 0.354 e. The lowest BCUT2D eigenvalue weighted by molar-refractivity contribution is -0.126. The van der Waals surface area contributed by atoms with Gasteiger partial charge in [0.2, 0.25) is 5.91 Å². The molecule has 0 aromatic heterocycles. The van der Waals surface area contributed by atoms with E-state index in [2.05, 4.69) is 17.1 Å². The molecule has 1 amide bonds. The van der Waals surface area contributed by atoms with Gasteiger partial charge in [0, 0.05) is 18.5 Å². The Labute approximate surface area is 135 Å². The monoisotopic (exact) mass is 325 g/mol. The highest BCUT2D eigenvalue weighted by Gasteiger charge is 2.32. The first kappa shape index (κ1) is 20.0. The highest BCUT2D eigenvalue weighted by molar-refractivity contribution is 5.85. The second kappa shape index (κ2) is 9.82. The first-order chi connectivity index (χ1) is 8.76. The van der Waals surface area contributed by atoms with Gasteiger partial charge in [0.15, 0.2) is 0 Å². The molecule has 3 atom stereocenters. The number of likely N-dealkylation sites (N-methyl/N-ethyl adjacent to an activating group) is 1. The predicted molar refractivity (Wildman–Crippen MR) is 87.7 cm³/mol. The van der Waals surface area contributed by atoms with E-state index < -0.39 is 0 Å². The Morgan fingerprint density at radius 2 is 2.00 bits per heavy atom. The molecular weight excluding hydrogens is 297 g/mol. The van der Waals surface area contributed by atoms with Crippen molar-refractivity contribution < 1.29 is 4.79 Å². The van der Waals surface area contributed by atoms with Crippen LogP contribution in [0.15, 0.2) is 0 Å². The Morgan fingerprint density at radius 1 is 1.25 bits per heavy atom. The van der Waals surface area contributed by atoms with Gasteiger partial charge in [-0.2, -0.15) is 0 Å². The third-order valence-corrected chi connectivity index (χ3v) is 4.72. The van der Waals surface area contributed by atoms with Gasteiger partial charge in [0.25, 0.3) is 0 Å². The fraction of sp³-hybridized carbons (Fsp3) is 0.929. The Kier molecular flexibility index (Phi) is 9.81. The number of halogens is 2. The number of nitrogens with one attached hydrogen (secondary N) is 1. The van der Waals surface area contributed by atoms with Crippen LogP contribution in [0.2, 0.25) is 0 Å². The van der Waals surface area contributed by atoms with Crippen molar-refractivity contribution in [3.05, 3.63) is 0 Å². The van der Waals surface area contributed by atoms with Crippen molar-refractivity contribution in [3.63, 3.8) is 0 Å². The zero-order valence-corrected chi connectivity index (χ0v) is 14.0. The fourth-order valence-electron chi connectivity index (χ4n) is 3.56. The molecule has 0 aromatic rings. The number of hydrogen-bond donors (Lipinski definition) is 2. The van der Waals surface area contributed by atoms with Crippen molar-refractivity contribution in [2.45, 2.75) is 45.1 Å². The molecule has 0 spiro atoms. The number of rotatable bonds is 5. The number of nitrogens with zero attached hydrogens (tertiary/aromatic N) is 1. The van der Waals surface area contributed by atoms with E-state index in [9.17, 15) is 4.79 Å². The van der Waals surface area contributed by atoms with Gasteiger partial charge >= 0.3 is 0 Å². The standard InChI is InChI=1S/C14H27N3O.2ClH/c1-2-17-8-4-6-12(17)10-16-14(18)13-7-3-5-11(13)9-15;;/h11-13H,2-10,15H2,1H3,(H,16,18);2*1H/t11-,12?,13-;;/m1../s1. The van der Waals surface area contributed by atoms with E-state index in [4.69, 9.17) is 5.73 Å². The first-order valence-electron chi connectivity index (χ1n) is 7.48. The second-order valence-electron chi connectivity index (χ2n) is 5.70. The van der Waals surface area contributed by atoms with Crippen LogP contribution in [0.5, 0.6) is 0 Å². The summed E-state index contributed by atoms with van der Waals surface area (Å²) in [6, 6.07) is 0.552. The van der Waals surface area contributed by atoms with Crippen molar-refractivity contribution in [1.82, 2.24) is 10.2 Å². The summed E-state index contributed by atoms with van der Waals surface area (Å²) < 4.78 is 0. The second-order valence-corrected chi connectivity index (χ2v) is 5.70. The Hall–Kier alpha value is -0.0300. The smallest absolute Gasteiger partial charge is 0.223 e. The average molecular weight is 326 g/mol. The van der Waals surface area contributed by atoms with Gasteiger partial charge in [-0.05, 0) is 51.2 Å². The molecule has 1 aliphatic carbocycles. The number of amides is 1. The third-order valence-electron chi connectivity index (χ3n) is 4.72. The molecule has 1 saturated heterocycles. The average Bonchev–Trinajstić information content (AvgIpc) is 3.03. The minimum Gasteiger partial charge on any atom is -0.354 e. The van der Waals surface area contributed by atoms with Gasteiger partial charge in [-0.1, -0.05) is 13.3 Å². The van der Waals surface area contributed by atoms with Crippen LogP contribution < -0.4 is 11.1 Å². The van der Waals surface area contributed by atoms with E-state index in [1.807, 2.05) is 0 Å². The lowest BCUT2D eigenvalue weighted by Crippen LogP contribution is -2.43. The molecule has 2 rings (SSSR count). The SMILES string of the molecule is CCN1CCCC1CNC(=O)[C@@H]1CCC[C@@H]1CN.Cl.Cl. The van der Waals surface area contributed by atoms with Gasteiger partial charge in [-0.3, -0.25) is 9.69 Å². The van der Waals surface area contributed by atoms with Gasteiger partial charge in [-0.25, -0.2) is 0 Å². The molecule has 1 unspecified atom stereocenters. The summed E-state index contributed by atoms with van der Waals surface area (Å²) in [4.78, 5) is 14.6. The van der Waals surface area contributed by atoms with Gasteiger partial charge in [0.05, 0.1) is 0 Å². The summed E-state index contributed by atoms with van der Waals surface area (Å²) in [7, 11) is 0. The summed E-state index contributed by atoms with van der Waals surface area (Å²) in [5, 5.41) is 3.16. The van der Waals surface area contributed by atoms with Crippen LogP contribution in [0.25, 0.3) is 0 Å². The topological polar surface area (TPSA) is 58.4 Å². The Morgan fingerprint density at radius 3 is 2.65 bits per heavy atom. The maximum atomic E-state index is 12.2.